The van der Waals surface area contributed by atoms with E-state index in [1.54, 1.807) is 0 Å². The van der Waals surface area contributed by atoms with Crippen molar-refractivity contribution < 1.29 is 14.3 Å². The first kappa shape index (κ1) is 21.1. The number of Topliss-reactive ketones (excluding diaryl/α,β-unsaturated/α-hetero) is 1. The van der Waals surface area contributed by atoms with Crippen molar-refractivity contribution in [3.63, 3.8) is 0 Å². The molecule has 24 heavy (non-hydrogen) atoms. The van der Waals surface area contributed by atoms with Crippen molar-refractivity contribution >= 4 is 11.7 Å². The first-order valence-corrected chi connectivity index (χ1v) is 9.44. The van der Waals surface area contributed by atoms with Gasteiger partial charge in [-0.25, -0.2) is 0 Å². The van der Waals surface area contributed by atoms with Crippen LogP contribution >= 0.6 is 0 Å². The van der Waals surface area contributed by atoms with Gasteiger partial charge in [0.05, 0.1) is 5.60 Å². The van der Waals surface area contributed by atoms with E-state index in [1.807, 2.05) is 41.5 Å². The summed E-state index contributed by atoms with van der Waals surface area (Å²) in [6, 6.07) is 0. The average molecular weight is 340 g/mol. The van der Waals surface area contributed by atoms with E-state index >= 15 is 0 Å². The van der Waals surface area contributed by atoms with Gasteiger partial charge in [0.15, 0.2) is 0 Å². The highest BCUT2D eigenvalue weighted by Gasteiger charge is 2.33. The Bertz CT molecular complexity index is 410. The van der Waals surface area contributed by atoms with Crippen LogP contribution in [0.25, 0.3) is 0 Å². The summed E-state index contributed by atoms with van der Waals surface area (Å²) in [5.41, 5.74) is -0.364. The van der Waals surface area contributed by atoms with Crippen LogP contribution in [0.15, 0.2) is 0 Å². The Balaban J connectivity index is 2.18. The molecule has 0 heterocycles. The Morgan fingerprint density at radius 2 is 1.58 bits per heavy atom. The maximum atomic E-state index is 12.3. The van der Waals surface area contributed by atoms with Gasteiger partial charge < -0.3 is 10.1 Å². The van der Waals surface area contributed by atoms with Crippen molar-refractivity contribution in [2.24, 2.45) is 17.3 Å². The quantitative estimate of drug-likeness (QED) is 0.710. The molecular weight excluding hydrogens is 302 g/mol. The fraction of sp³-hybridized carbons (Fsp3) is 0.900. The fourth-order valence-electron chi connectivity index (χ4n) is 3.25. The lowest BCUT2D eigenvalue weighted by Gasteiger charge is -2.31. The van der Waals surface area contributed by atoms with Gasteiger partial charge in [0.2, 0.25) is 5.91 Å². The summed E-state index contributed by atoms with van der Waals surface area (Å²) in [4.78, 5) is 24.4. The minimum atomic E-state index is -0.246. The number of rotatable bonds is 7. The molecule has 1 saturated carbocycles. The van der Waals surface area contributed by atoms with Crippen molar-refractivity contribution in [3.05, 3.63) is 0 Å². The summed E-state index contributed by atoms with van der Waals surface area (Å²) in [5.74, 6) is 1.14. The standard InChI is InChI=1S/C20H37NO3/c1-19(2,3)18(23)16-10-8-15(9-11-16)14-17(22)21-12-7-13-24-20(4,5)6/h15-16H,7-14H2,1-6H3,(H,21,22). The molecule has 1 fully saturated rings. The second-order valence-electron chi connectivity index (χ2n) is 9.20. The van der Waals surface area contributed by atoms with E-state index < -0.39 is 0 Å². The maximum absolute atomic E-state index is 12.3. The highest BCUT2D eigenvalue weighted by Crippen LogP contribution is 2.35. The van der Waals surface area contributed by atoms with Crippen LogP contribution in [0.3, 0.4) is 0 Å². The van der Waals surface area contributed by atoms with Gasteiger partial charge in [-0.1, -0.05) is 20.8 Å². The Kier molecular flexibility index (Phi) is 7.91. The van der Waals surface area contributed by atoms with Crippen LogP contribution in [0.1, 0.15) is 80.1 Å². The number of hydrogen-bond acceptors (Lipinski definition) is 3. The van der Waals surface area contributed by atoms with Gasteiger partial charge in [0.25, 0.3) is 0 Å². The van der Waals surface area contributed by atoms with Crippen LogP contribution in [0.2, 0.25) is 0 Å². The Morgan fingerprint density at radius 1 is 1.00 bits per heavy atom. The average Bonchev–Trinajstić information content (AvgIpc) is 2.44. The molecule has 4 nitrogen and oxygen atoms in total. The van der Waals surface area contributed by atoms with E-state index in [9.17, 15) is 9.59 Å². The van der Waals surface area contributed by atoms with Gasteiger partial charge in [-0.15, -0.1) is 0 Å². The zero-order chi connectivity index (χ0) is 18.4. The molecule has 0 atom stereocenters. The van der Waals surface area contributed by atoms with Crippen LogP contribution in [0.5, 0.6) is 0 Å². The zero-order valence-corrected chi connectivity index (χ0v) is 16.5. The summed E-state index contributed by atoms with van der Waals surface area (Å²) in [7, 11) is 0. The van der Waals surface area contributed by atoms with Crippen LogP contribution in [0.4, 0.5) is 0 Å². The van der Waals surface area contributed by atoms with Crippen LogP contribution in [-0.2, 0) is 14.3 Å². The predicted octanol–water partition coefficient (Wildman–Crippen LogP) is 4.12. The molecule has 0 bridgehead atoms. The largest absolute Gasteiger partial charge is 0.376 e. The number of nitrogens with one attached hydrogen (secondary N) is 1. The molecule has 0 unspecified atom stereocenters. The maximum Gasteiger partial charge on any atom is 0.220 e. The molecule has 4 heteroatoms. The summed E-state index contributed by atoms with van der Waals surface area (Å²) < 4.78 is 5.64. The summed E-state index contributed by atoms with van der Waals surface area (Å²) in [5, 5.41) is 2.99. The topological polar surface area (TPSA) is 55.4 Å². The first-order chi connectivity index (χ1) is 11.0. The number of hydrogen-bond donors (Lipinski definition) is 1. The van der Waals surface area contributed by atoms with Crippen molar-refractivity contribution in [1.82, 2.24) is 5.32 Å². The molecule has 0 spiro atoms. The molecule has 1 aliphatic carbocycles. The van der Waals surface area contributed by atoms with Gasteiger partial charge in [0, 0.05) is 30.9 Å². The third-order valence-corrected chi connectivity index (χ3v) is 4.61. The first-order valence-electron chi connectivity index (χ1n) is 9.44. The minimum Gasteiger partial charge on any atom is -0.376 e. The molecule has 0 aromatic rings. The van der Waals surface area contributed by atoms with Crippen molar-refractivity contribution in [3.8, 4) is 0 Å². The SMILES string of the molecule is CC(C)(C)OCCCNC(=O)CC1CCC(C(=O)C(C)(C)C)CC1. The molecule has 140 valence electrons. The number of carbonyl (C=O) groups is 2. The third kappa shape index (κ3) is 8.27. The van der Waals surface area contributed by atoms with Crippen LogP contribution in [-0.4, -0.2) is 30.4 Å². The number of carbonyl (C=O) groups excluding carboxylic acids is 2. The fourth-order valence-corrected chi connectivity index (χ4v) is 3.25. The minimum absolute atomic E-state index is 0.118. The number of amides is 1. The summed E-state index contributed by atoms with van der Waals surface area (Å²) in [6.07, 6.45) is 5.30. The van der Waals surface area contributed by atoms with E-state index in [-0.39, 0.29) is 22.8 Å². The highest BCUT2D eigenvalue weighted by atomic mass is 16.5. The molecule has 1 N–H and O–H groups in total. The van der Waals surface area contributed by atoms with Gasteiger partial charge >= 0.3 is 0 Å². The molecule has 0 aliphatic heterocycles. The second-order valence-corrected chi connectivity index (χ2v) is 9.20. The third-order valence-electron chi connectivity index (χ3n) is 4.61. The van der Waals surface area contributed by atoms with E-state index in [4.69, 9.17) is 4.74 Å². The molecular formula is C20H37NO3. The molecule has 0 aromatic carbocycles. The lowest BCUT2D eigenvalue weighted by atomic mass is 9.73. The normalized spacial score (nSPS) is 22.2. The summed E-state index contributed by atoms with van der Waals surface area (Å²) in [6.45, 7) is 13.4. The number of ether oxygens (including phenoxy) is 1. The van der Waals surface area contributed by atoms with E-state index in [0.29, 0.717) is 31.3 Å². The molecule has 0 radical (unpaired) electrons. The van der Waals surface area contributed by atoms with Gasteiger partial charge in [-0.2, -0.15) is 0 Å². The monoisotopic (exact) mass is 339 g/mol. The summed E-state index contributed by atoms with van der Waals surface area (Å²) >= 11 is 0. The van der Waals surface area contributed by atoms with Crippen molar-refractivity contribution in [2.45, 2.75) is 85.7 Å². The molecule has 1 rings (SSSR count). The Hall–Kier alpha value is -0.900. The van der Waals surface area contributed by atoms with Crippen molar-refractivity contribution in [2.75, 3.05) is 13.2 Å². The molecule has 0 aromatic heterocycles. The van der Waals surface area contributed by atoms with E-state index in [2.05, 4.69) is 5.32 Å². The highest BCUT2D eigenvalue weighted by molar-refractivity contribution is 5.86. The molecule has 1 aliphatic rings. The second kappa shape index (κ2) is 8.98. The predicted molar refractivity (Wildman–Crippen MR) is 97.9 cm³/mol. The molecule has 0 saturated heterocycles. The lowest BCUT2D eigenvalue weighted by molar-refractivity contribution is -0.131. The van der Waals surface area contributed by atoms with Gasteiger partial charge in [-0.05, 0) is 58.8 Å². The van der Waals surface area contributed by atoms with Gasteiger partial charge in [0.1, 0.15) is 5.78 Å². The van der Waals surface area contributed by atoms with Crippen LogP contribution < -0.4 is 5.32 Å². The molecule has 1 amide bonds. The van der Waals surface area contributed by atoms with E-state index in [0.717, 1.165) is 32.1 Å². The Labute approximate surface area is 148 Å². The smallest absolute Gasteiger partial charge is 0.220 e. The van der Waals surface area contributed by atoms with Gasteiger partial charge in [-0.3, -0.25) is 9.59 Å². The van der Waals surface area contributed by atoms with Crippen LogP contribution in [0, 0.1) is 17.3 Å². The Morgan fingerprint density at radius 3 is 2.08 bits per heavy atom. The zero-order valence-electron chi connectivity index (χ0n) is 16.5. The van der Waals surface area contributed by atoms with E-state index in [1.165, 1.54) is 0 Å². The lowest BCUT2D eigenvalue weighted by Crippen LogP contribution is -2.33. The van der Waals surface area contributed by atoms with Crippen molar-refractivity contribution in [1.29, 1.82) is 0 Å². The number of ketones is 1.